The average molecular weight is 426 g/mol. The molecule has 1 N–H and O–H groups in total. The number of ether oxygens (including phenoxy) is 2. The largest absolute Gasteiger partial charge is 0.485 e. The number of carbonyl (C=O) groups excluding carboxylic acids is 1. The van der Waals surface area contributed by atoms with Gasteiger partial charge in [0.05, 0.1) is 5.25 Å². The molecule has 1 amide bonds. The summed E-state index contributed by atoms with van der Waals surface area (Å²) >= 11 is 1.25. The van der Waals surface area contributed by atoms with Gasteiger partial charge in [0.25, 0.3) is 11.1 Å². The van der Waals surface area contributed by atoms with Gasteiger partial charge in [-0.25, -0.2) is 0 Å². The number of amides is 1. The number of benzene rings is 1. The average Bonchev–Trinajstić information content (AvgIpc) is 3.25. The van der Waals surface area contributed by atoms with Gasteiger partial charge in [0, 0.05) is 18.9 Å². The highest BCUT2D eigenvalue weighted by Gasteiger charge is 2.30. The molecule has 2 aromatic heterocycles. The lowest BCUT2D eigenvalue weighted by Gasteiger charge is -2.23. The van der Waals surface area contributed by atoms with Crippen LogP contribution in [-0.4, -0.2) is 32.9 Å². The van der Waals surface area contributed by atoms with Gasteiger partial charge in [-0.15, -0.1) is 10.2 Å². The molecule has 4 rings (SSSR count). The topological polar surface area (TPSA) is 99.4 Å². The highest BCUT2D eigenvalue weighted by molar-refractivity contribution is 8.00. The Labute approximate surface area is 178 Å². The second-order valence-electron chi connectivity index (χ2n) is 7.13. The molecule has 1 aromatic carbocycles. The number of nitrogens with one attached hydrogen (secondary N) is 1. The first-order valence-corrected chi connectivity index (χ1v) is 10.5. The van der Waals surface area contributed by atoms with Gasteiger partial charge in [-0.05, 0) is 29.7 Å². The van der Waals surface area contributed by atoms with Gasteiger partial charge in [0.15, 0.2) is 11.5 Å². The molecule has 0 bridgehead atoms. The smallest absolute Gasteiger partial charge is 0.277 e. The SMILES string of the molecule is CC(C)C(Sc1nnc(C2COc3ccccc3O2)o1)C(=O)NCc1cccnc1. The zero-order chi connectivity index (χ0) is 20.9. The summed E-state index contributed by atoms with van der Waals surface area (Å²) in [4.78, 5) is 16.8. The Bertz CT molecular complexity index is 995. The van der Waals surface area contributed by atoms with Crippen molar-refractivity contribution >= 4 is 17.7 Å². The number of pyridine rings is 1. The Morgan fingerprint density at radius 2 is 2.03 bits per heavy atom. The summed E-state index contributed by atoms with van der Waals surface area (Å²) in [5.74, 6) is 1.62. The van der Waals surface area contributed by atoms with Crippen LogP contribution in [0.4, 0.5) is 0 Å². The first-order valence-electron chi connectivity index (χ1n) is 9.65. The van der Waals surface area contributed by atoms with Gasteiger partial charge in [0.1, 0.15) is 6.61 Å². The second kappa shape index (κ2) is 9.17. The molecule has 0 radical (unpaired) electrons. The normalized spacial score (nSPS) is 16.3. The van der Waals surface area contributed by atoms with E-state index in [1.54, 1.807) is 12.4 Å². The van der Waals surface area contributed by atoms with Crippen LogP contribution in [0.15, 0.2) is 58.4 Å². The highest BCUT2D eigenvalue weighted by atomic mass is 32.2. The van der Waals surface area contributed by atoms with E-state index >= 15 is 0 Å². The third-order valence-corrected chi connectivity index (χ3v) is 5.87. The van der Waals surface area contributed by atoms with E-state index in [0.29, 0.717) is 29.2 Å². The van der Waals surface area contributed by atoms with Crippen LogP contribution >= 0.6 is 11.8 Å². The molecule has 1 aliphatic heterocycles. The fraction of sp³-hybridized carbons (Fsp3) is 0.333. The van der Waals surface area contributed by atoms with E-state index in [-0.39, 0.29) is 23.7 Å². The quantitative estimate of drug-likeness (QED) is 0.574. The molecule has 0 saturated carbocycles. The van der Waals surface area contributed by atoms with E-state index in [1.165, 1.54) is 11.8 Å². The Kier molecular flexibility index (Phi) is 6.18. The van der Waals surface area contributed by atoms with Crippen LogP contribution < -0.4 is 14.8 Å². The number of hydrogen-bond donors (Lipinski definition) is 1. The molecular formula is C21H22N4O4S. The summed E-state index contributed by atoms with van der Waals surface area (Å²) in [6.45, 7) is 4.65. The molecule has 3 heterocycles. The number of hydrogen-bond acceptors (Lipinski definition) is 8. The summed E-state index contributed by atoms with van der Waals surface area (Å²) in [6.07, 6.45) is 2.94. The first-order chi connectivity index (χ1) is 14.6. The number of nitrogens with zero attached hydrogens (tertiary/aromatic N) is 3. The van der Waals surface area contributed by atoms with Crippen molar-refractivity contribution in [2.75, 3.05) is 6.61 Å². The number of para-hydroxylation sites is 2. The number of aromatic nitrogens is 3. The maximum absolute atomic E-state index is 12.7. The minimum atomic E-state index is -0.487. The van der Waals surface area contributed by atoms with Crippen LogP contribution in [0, 0.1) is 5.92 Å². The summed E-state index contributed by atoms with van der Waals surface area (Å²) in [5, 5.41) is 11.1. The Morgan fingerprint density at radius 3 is 2.80 bits per heavy atom. The van der Waals surface area contributed by atoms with E-state index in [4.69, 9.17) is 13.9 Å². The maximum atomic E-state index is 12.7. The lowest BCUT2D eigenvalue weighted by Crippen LogP contribution is -2.35. The van der Waals surface area contributed by atoms with Gasteiger partial charge in [-0.3, -0.25) is 9.78 Å². The molecule has 0 spiro atoms. The molecule has 8 nitrogen and oxygen atoms in total. The summed E-state index contributed by atoms with van der Waals surface area (Å²) < 4.78 is 17.4. The lowest BCUT2D eigenvalue weighted by atomic mass is 10.1. The molecule has 9 heteroatoms. The minimum Gasteiger partial charge on any atom is -0.485 e. The molecule has 1 aliphatic rings. The van der Waals surface area contributed by atoms with Crippen LogP contribution in [0.5, 0.6) is 11.5 Å². The molecule has 3 aromatic rings. The highest BCUT2D eigenvalue weighted by Crippen LogP contribution is 2.36. The van der Waals surface area contributed by atoms with Crippen molar-refractivity contribution in [3.05, 3.63) is 60.2 Å². The fourth-order valence-electron chi connectivity index (χ4n) is 2.93. The standard InChI is InChI=1S/C21H22N4O4S/c1-13(2)18(19(26)23-11-14-6-5-9-22-10-14)30-21-25-24-20(29-21)17-12-27-15-7-3-4-8-16(15)28-17/h3-10,13,17-18H,11-12H2,1-2H3,(H,23,26). The zero-order valence-corrected chi connectivity index (χ0v) is 17.5. The van der Waals surface area contributed by atoms with E-state index in [2.05, 4.69) is 20.5 Å². The molecule has 2 unspecified atom stereocenters. The molecule has 0 saturated heterocycles. The van der Waals surface area contributed by atoms with Crippen molar-refractivity contribution in [1.29, 1.82) is 0 Å². The lowest BCUT2D eigenvalue weighted by molar-refractivity contribution is -0.121. The van der Waals surface area contributed by atoms with Crippen LogP contribution in [0.2, 0.25) is 0 Å². The van der Waals surface area contributed by atoms with E-state index in [1.807, 2.05) is 50.2 Å². The molecule has 2 atom stereocenters. The first kappa shape index (κ1) is 20.2. The molecule has 156 valence electrons. The van der Waals surface area contributed by atoms with Crippen molar-refractivity contribution in [2.24, 2.45) is 5.92 Å². The minimum absolute atomic E-state index is 0.0698. The van der Waals surface area contributed by atoms with E-state index < -0.39 is 6.10 Å². The number of thioether (sulfide) groups is 1. The Balaban J connectivity index is 1.39. The number of fused-ring (bicyclic) bond motifs is 1. The van der Waals surface area contributed by atoms with Crippen LogP contribution in [0.1, 0.15) is 31.4 Å². The van der Waals surface area contributed by atoms with Crippen molar-refractivity contribution in [3.63, 3.8) is 0 Å². The van der Waals surface area contributed by atoms with Crippen LogP contribution in [-0.2, 0) is 11.3 Å². The molecule has 0 aliphatic carbocycles. The molecule has 0 fully saturated rings. The van der Waals surface area contributed by atoms with Gasteiger partial charge in [-0.1, -0.05) is 43.8 Å². The van der Waals surface area contributed by atoms with E-state index in [9.17, 15) is 4.79 Å². The molecule has 30 heavy (non-hydrogen) atoms. The van der Waals surface area contributed by atoms with E-state index in [0.717, 1.165) is 5.56 Å². The second-order valence-corrected chi connectivity index (χ2v) is 8.22. The Hall–Kier alpha value is -3.07. The van der Waals surface area contributed by atoms with Gasteiger partial charge in [0.2, 0.25) is 12.0 Å². The predicted octanol–water partition coefficient (Wildman–Crippen LogP) is 3.41. The number of carbonyl (C=O) groups is 1. The maximum Gasteiger partial charge on any atom is 0.277 e. The van der Waals surface area contributed by atoms with Crippen molar-refractivity contribution in [2.45, 2.75) is 37.0 Å². The predicted molar refractivity (Wildman–Crippen MR) is 110 cm³/mol. The summed E-state index contributed by atoms with van der Waals surface area (Å²) in [7, 11) is 0. The Morgan fingerprint density at radius 1 is 1.20 bits per heavy atom. The van der Waals surface area contributed by atoms with Gasteiger partial charge < -0.3 is 19.2 Å². The third kappa shape index (κ3) is 4.73. The van der Waals surface area contributed by atoms with Crippen molar-refractivity contribution < 1.29 is 18.7 Å². The van der Waals surface area contributed by atoms with Crippen molar-refractivity contribution in [3.8, 4) is 11.5 Å². The molecular weight excluding hydrogens is 404 g/mol. The summed E-state index contributed by atoms with van der Waals surface area (Å²) in [6, 6.07) is 11.2. The zero-order valence-electron chi connectivity index (χ0n) is 16.6. The van der Waals surface area contributed by atoms with Gasteiger partial charge >= 0.3 is 0 Å². The van der Waals surface area contributed by atoms with Crippen molar-refractivity contribution in [1.82, 2.24) is 20.5 Å². The summed E-state index contributed by atoms with van der Waals surface area (Å²) in [5.41, 5.74) is 0.938. The fourth-order valence-corrected chi connectivity index (χ4v) is 3.83. The van der Waals surface area contributed by atoms with Gasteiger partial charge in [-0.2, -0.15) is 0 Å². The van der Waals surface area contributed by atoms with Crippen LogP contribution in [0.3, 0.4) is 0 Å². The monoisotopic (exact) mass is 426 g/mol. The van der Waals surface area contributed by atoms with Crippen LogP contribution in [0.25, 0.3) is 0 Å². The number of rotatable bonds is 7. The third-order valence-electron chi connectivity index (χ3n) is 4.49.